The van der Waals surface area contributed by atoms with E-state index in [0.717, 1.165) is 10.8 Å². The summed E-state index contributed by atoms with van der Waals surface area (Å²) in [6, 6.07) is 0. The summed E-state index contributed by atoms with van der Waals surface area (Å²) in [7, 11) is 0. The van der Waals surface area contributed by atoms with Crippen LogP contribution in [0.15, 0.2) is 0 Å². The van der Waals surface area contributed by atoms with Crippen LogP contribution in [0.5, 0.6) is 0 Å². The van der Waals surface area contributed by atoms with Crippen molar-refractivity contribution in [3.8, 4) is 0 Å². The molecule has 0 heterocycles. The topological polar surface area (TPSA) is 46.2 Å². The van der Waals surface area contributed by atoms with Crippen LogP contribution < -0.4 is 25.4 Å². The van der Waals surface area contributed by atoms with Gasteiger partial charge in [0.25, 0.3) is 0 Å². The molecule has 1 rings (SSSR count). The van der Waals surface area contributed by atoms with Crippen LogP contribution in [0, 0.1) is 5.92 Å². The predicted octanol–water partition coefficient (Wildman–Crippen LogP) is -3.28. The molecule has 1 fully saturated rings. The van der Waals surface area contributed by atoms with Crippen molar-refractivity contribution in [1.82, 2.24) is 0 Å². The molecule has 0 aliphatic heterocycles. The van der Waals surface area contributed by atoms with Crippen molar-refractivity contribution < 1.29 is 26.6 Å². The molecule has 2 atom stereocenters. The second kappa shape index (κ2) is 2.98. The standard InChI is InChI=1S/C5H11INO/c7-6-3-4-1-2-5(4)8/h4-5,8H,1-3,7H2/q-1/t4-,5+/m1/s1. The molecule has 8 heavy (non-hydrogen) atoms. The summed E-state index contributed by atoms with van der Waals surface area (Å²) in [6.07, 6.45) is 2.21. The first kappa shape index (κ1) is 6.77. The van der Waals surface area contributed by atoms with Gasteiger partial charge in [0.05, 0.1) is 0 Å². The zero-order chi connectivity index (χ0) is 5.98. The average Bonchev–Trinajstić information content (AvgIpc) is 1.79. The monoisotopic (exact) mass is 228 g/mol. The summed E-state index contributed by atoms with van der Waals surface area (Å²) >= 11 is -0.0752. The van der Waals surface area contributed by atoms with Gasteiger partial charge in [0.15, 0.2) is 0 Å². The Hall–Kier alpha value is 0.650. The van der Waals surface area contributed by atoms with Crippen molar-refractivity contribution in [2.24, 2.45) is 9.86 Å². The molecule has 0 unspecified atom stereocenters. The third kappa shape index (κ3) is 1.33. The number of nitrogens with two attached hydrogens (primary N) is 1. The van der Waals surface area contributed by atoms with Crippen LogP contribution in [0.1, 0.15) is 12.8 Å². The molecule has 0 aromatic carbocycles. The zero-order valence-corrected chi connectivity index (χ0v) is 6.84. The molecule has 0 saturated heterocycles. The average molecular weight is 228 g/mol. The number of rotatable bonds is 2. The first-order valence-electron chi connectivity index (χ1n) is 2.80. The van der Waals surface area contributed by atoms with Crippen LogP contribution in [0.2, 0.25) is 0 Å². The minimum atomic E-state index is -0.0752. The molecular formula is C5H11INO-. The molecular weight excluding hydrogens is 217 g/mol. The van der Waals surface area contributed by atoms with Gasteiger partial charge in [-0.2, -0.15) is 0 Å². The Balaban J connectivity index is 2.08. The van der Waals surface area contributed by atoms with Gasteiger partial charge in [0, 0.05) is 0 Å². The van der Waals surface area contributed by atoms with Crippen LogP contribution in [-0.2, 0) is 0 Å². The summed E-state index contributed by atoms with van der Waals surface area (Å²) in [6.45, 7) is 0. The number of hydrogen-bond donors (Lipinski definition) is 2. The third-order valence-corrected chi connectivity index (χ3v) is 3.30. The Labute approximate surface area is 60.1 Å². The Morgan fingerprint density at radius 1 is 1.62 bits per heavy atom. The second-order valence-corrected chi connectivity index (χ2v) is 3.97. The van der Waals surface area contributed by atoms with E-state index >= 15 is 0 Å². The van der Waals surface area contributed by atoms with Gasteiger partial charge in [0.1, 0.15) is 0 Å². The fraction of sp³-hybridized carbons (Fsp3) is 1.00. The van der Waals surface area contributed by atoms with E-state index in [4.69, 9.17) is 9.05 Å². The molecule has 0 bridgehead atoms. The Bertz CT molecular complexity index is 78.8. The van der Waals surface area contributed by atoms with Crippen molar-refractivity contribution in [2.45, 2.75) is 18.9 Å². The van der Waals surface area contributed by atoms with Crippen molar-refractivity contribution in [3.05, 3.63) is 0 Å². The maximum atomic E-state index is 9.00. The third-order valence-electron chi connectivity index (χ3n) is 1.66. The van der Waals surface area contributed by atoms with E-state index in [1.807, 2.05) is 0 Å². The van der Waals surface area contributed by atoms with Gasteiger partial charge in [-0.25, -0.2) is 0 Å². The van der Waals surface area contributed by atoms with E-state index in [1.165, 1.54) is 6.42 Å². The van der Waals surface area contributed by atoms with Gasteiger partial charge in [-0.05, 0) is 0 Å². The van der Waals surface area contributed by atoms with Crippen LogP contribution in [-0.4, -0.2) is 15.6 Å². The second-order valence-electron chi connectivity index (χ2n) is 2.21. The van der Waals surface area contributed by atoms with E-state index in [0.29, 0.717) is 5.92 Å². The van der Waals surface area contributed by atoms with Crippen molar-refractivity contribution in [1.29, 1.82) is 0 Å². The SMILES string of the molecule is N[I-]C[C@H]1CC[C@@H]1O. The molecule has 1 aliphatic carbocycles. The molecule has 3 heteroatoms. The summed E-state index contributed by atoms with van der Waals surface area (Å²) in [5, 5.41) is 9.00. The van der Waals surface area contributed by atoms with Crippen LogP contribution >= 0.6 is 0 Å². The van der Waals surface area contributed by atoms with Gasteiger partial charge >= 0.3 is 59.8 Å². The summed E-state index contributed by atoms with van der Waals surface area (Å²) in [5.74, 6) is 0.577. The fourth-order valence-corrected chi connectivity index (χ4v) is 2.53. The predicted molar refractivity (Wildman–Crippen MR) is 27.8 cm³/mol. The van der Waals surface area contributed by atoms with Gasteiger partial charge in [-0.3, -0.25) is 0 Å². The summed E-state index contributed by atoms with van der Waals surface area (Å²) < 4.78 is 6.51. The normalized spacial score (nSPS) is 37.2. The number of halogens is 1. The Morgan fingerprint density at radius 2 is 2.38 bits per heavy atom. The van der Waals surface area contributed by atoms with Crippen molar-refractivity contribution >= 4 is 0 Å². The molecule has 2 nitrogen and oxygen atoms in total. The van der Waals surface area contributed by atoms with E-state index in [-0.39, 0.29) is 27.6 Å². The zero-order valence-electron chi connectivity index (χ0n) is 4.68. The molecule has 1 saturated carbocycles. The minimum absolute atomic E-state index is 0.00162. The van der Waals surface area contributed by atoms with E-state index in [9.17, 15) is 0 Å². The van der Waals surface area contributed by atoms with E-state index in [1.54, 1.807) is 0 Å². The van der Waals surface area contributed by atoms with Gasteiger partial charge < -0.3 is 0 Å². The molecule has 3 N–H and O–H groups in total. The number of aliphatic hydroxyl groups excluding tert-OH is 1. The first-order valence-corrected chi connectivity index (χ1v) is 5.57. The molecule has 0 aromatic rings. The Kier molecular flexibility index (Phi) is 2.52. The van der Waals surface area contributed by atoms with E-state index < -0.39 is 0 Å². The first-order chi connectivity index (χ1) is 3.84. The molecule has 1 aliphatic rings. The summed E-state index contributed by atoms with van der Waals surface area (Å²) in [4.78, 5) is 0. The molecule has 50 valence electrons. The number of aliphatic hydroxyl groups is 1. The summed E-state index contributed by atoms with van der Waals surface area (Å²) in [5.41, 5.74) is 0. The van der Waals surface area contributed by atoms with Gasteiger partial charge in [-0.15, -0.1) is 0 Å². The molecule has 0 spiro atoms. The fourth-order valence-electron chi connectivity index (χ4n) is 0.846. The number of alkyl halides is 1. The number of hydrogen-bond acceptors (Lipinski definition) is 2. The van der Waals surface area contributed by atoms with Crippen LogP contribution in [0.4, 0.5) is 0 Å². The van der Waals surface area contributed by atoms with Gasteiger partial charge in [0.2, 0.25) is 0 Å². The van der Waals surface area contributed by atoms with Gasteiger partial charge in [-0.1, -0.05) is 0 Å². The van der Waals surface area contributed by atoms with Crippen LogP contribution in [0.25, 0.3) is 0 Å². The maximum absolute atomic E-state index is 9.00. The quantitative estimate of drug-likeness (QED) is 0.296. The van der Waals surface area contributed by atoms with E-state index in [2.05, 4.69) is 0 Å². The van der Waals surface area contributed by atoms with Crippen molar-refractivity contribution in [2.75, 3.05) is 4.43 Å². The molecule has 0 radical (unpaired) electrons. The van der Waals surface area contributed by atoms with Crippen LogP contribution in [0.3, 0.4) is 0 Å². The van der Waals surface area contributed by atoms with Crippen molar-refractivity contribution in [3.63, 3.8) is 0 Å². The molecule has 0 aromatic heterocycles. The Morgan fingerprint density at radius 3 is 2.50 bits per heavy atom. The molecule has 0 amide bonds.